The van der Waals surface area contributed by atoms with E-state index in [2.05, 4.69) is 34.5 Å². The van der Waals surface area contributed by atoms with Gasteiger partial charge in [0.1, 0.15) is 0 Å². The van der Waals surface area contributed by atoms with Crippen LogP contribution in [-0.2, 0) is 22.6 Å². The number of hydrogen-bond donors (Lipinski definition) is 1. The van der Waals surface area contributed by atoms with Crippen LogP contribution >= 0.6 is 0 Å². The highest BCUT2D eigenvalue weighted by Gasteiger charge is 2.21. The quantitative estimate of drug-likeness (QED) is 0.820. The Bertz CT molecular complexity index is 843. The van der Waals surface area contributed by atoms with Crippen molar-refractivity contribution in [2.45, 2.75) is 25.9 Å². The van der Waals surface area contributed by atoms with Gasteiger partial charge in [-0.1, -0.05) is 24.3 Å². The predicted octanol–water partition coefficient (Wildman–Crippen LogP) is 2.58. The molecule has 152 valence electrons. The third-order valence-electron chi connectivity index (χ3n) is 5.50. The Morgan fingerprint density at radius 3 is 2.28 bits per heavy atom. The number of morpholine rings is 1. The van der Waals surface area contributed by atoms with Gasteiger partial charge in [-0.3, -0.25) is 14.5 Å². The number of rotatable bonds is 6. The summed E-state index contributed by atoms with van der Waals surface area (Å²) in [4.78, 5) is 28.4. The molecular weight excluding hydrogens is 366 g/mol. The van der Waals surface area contributed by atoms with E-state index in [-0.39, 0.29) is 11.8 Å². The van der Waals surface area contributed by atoms with E-state index in [4.69, 9.17) is 4.74 Å². The van der Waals surface area contributed by atoms with Crippen molar-refractivity contribution in [3.63, 3.8) is 0 Å². The molecule has 2 fully saturated rings. The molecule has 2 amide bonds. The maximum Gasteiger partial charge on any atom is 0.251 e. The molecule has 0 unspecified atom stereocenters. The molecule has 2 aliphatic rings. The Morgan fingerprint density at radius 2 is 1.62 bits per heavy atom. The summed E-state index contributed by atoms with van der Waals surface area (Å²) in [6, 6.07) is 15.6. The number of carbonyl (C=O) groups is 2. The van der Waals surface area contributed by atoms with Gasteiger partial charge >= 0.3 is 0 Å². The fourth-order valence-corrected chi connectivity index (χ4v) is 3.78. The zero-order valence-corrected chi connectivity index (χ0v) is 16.6. The number of benzene rings is 2. The monoisotopic (exact) mass is 393 g/mol. The van der Waals surface area contributed by atoms with Gasteiger partial charge in [-0.05, 0) is 41.8 Å². The Balaban J connectivity index is 1.28. The first-order valence-corrected chi connectivity index (χ1v) is 10.3. The molecule has 6 heteroatoms. The van der Waals surface area contributed by atoms with Crippen molar-refractivity contribution in [2.75, 3.05) is 37.7 Å². The minimum atomic E-state index is -0.110. The number of anilines is 1. The fourth-order valence-electron chi connectivity index (χ4n) is 3.78. The normalized spacial score (nSPS) is 17.5. The molecule has 2 aromatic carbocycles. The lowest BCUT2D eigenvalue weighted by Gasteiger charge is -2.26. The number of hydrogen-bond acceptors (Lipinski definition) is 4. The molecule has 2 heterocycles. The highest BCUT2D eigenvalue weighted by Crippen LogP contribution is 2.21. The van der Waals surface area contributed by atoms with Gasteiger partial charge in [0, 0.05) is 50.4 Å². The Labute approximate surface area is 171 Å². The summed E-state index contributed by atoms with van der Waals surface area (Å²) >= 11 is 0. The van der Waals surface area contributed by atoms with Crippen molar-refractivity contribution in [1.29, 1.82) is 0 Å². The molecule has 0 aromatic heterocycles. The third-order valence-corrected chi connectivity index (χ3v) is 5.50. The molecule has 6 nitrogen and oxygen atoms in total. The minimum Gasteiger partial charge on any atom is -0.379 e. The van der Waals surface area contributed by atoms with Crippen molar-refractivity contribution in [3.8, 4) is 0 Å². The highest BCUT2D eigenvalue weighted by molar-refractivity contribution is 5.97. The summed E-state index contributed by atoms with van der Waals surface area (Å²) < 4.78 is 5.39. The lowest BCUT2D eigenvalue weighted by molar-refractivity contribution is -0.117. The number of nitrogens with zero attached hydrogens (tertiary/aromatic N) is 2. The van der Waals surface area contributed by atoms with E-state index in [0.29, 0.717) is 18.5 Å². The molecule has 0 aliphatic carbocycles. The van der Waals surface area contributed by atoms with Crippen molar-refractivity contribution in [3.05, 3.63) is 65.2 Å². The van der Waals surface area contributed by atoms with E-state index in [1.165, 1.54) is 5.56 Å². The molecule has 0 saturated carbocycles. The van der Waals surface area contributed by atoms with Gasteiger partial charge in [0.2, 0.25) is 5.91 Å². The molecule has 1 N–H and O–H groups in total. The first-order valence-electron chi connectivity index (χ1n) is 10.3. The van der Waals surface area contributed by atoms with Crippen LogP contribution in [0, 0.1) is 0 Å². The van der Waals surface area contributed by atoms with Gasteiger partial charge in [-0.25, -0.2) is 0 Å². The second-order valence-corrected chi connectivity index (χ2v) is 7.58. The summed E-state index contributed by atoms with van der Waals surface area (Å²) in [6.07, 6.45) is 1.50. The maximum atomic E-state index is 12.4. The van der Waals surface area contributed by atoms with Crippen LogP contribution in [0.25, 0.3) is 0 Å². The summed E-state index contributed by atoms with van der Waals surface area (Å²) in [6.45, 7) is 5.74. The molecule has 2 saturated heterocycles. The average molecular weight is 393 g/mol. The maximum absolute atomic E-state index is 12.4. The Morgan fingerprint density at radius 1 is 0.931 bits per heavy atom. The summed E-state index contributed by atoms with van der Waals surface area (Å²) in [5.41, 5.74) is 3.81. The summed E-state index contributed by atoms with van der Waals surface area (Å²) in [7, 11) is 0. The average Bonchev–Trinajstić information content (AvgIpc) is 3.20. The first kappa shape index (κ1) is 19.6. The van der Waals surface area contributed by atoms with E-state index in [9.17, 15) is 9.59 Å². The van der Waals surface area contributed by atoms with E-state index in [0.717, 1.165) is 57.1 Å². The van der Waals surface area contributed by atoms with Crippen LogP contribution in [0.15, 0.2) is 48.5 Å². The van der Waals surface area contributed by atoms with Crippen LogP contribution in [0.2, 0.25) is 0 Å². The summed E-state index contributed by atoms with van der Waals surface area (Å²) in [5.74, 6) is 0.0426. The van der Waals surface area contributed by atoms with Gasteiger partial charge in [0.25, 0.3) is 5.91 Å². The van der Waals surface area contributed by atoms with Gasteiger partial charge in [0.15, 0.2) is 0 Å². The largest absolute Gasteiger partial charge is 0.379 e. The first-order chi connectivity index (χ1) is 14.2. The third kappa shape index (κ3) is 5.02. The SMILES string of the molecule is O=C(NCc1ccc(CN2CCOCC2)cc1)c1ccc(N2CCCC2=O)cc1. The smallest absolute Gasteiger partial charge is 0.251 e. The minimum absolute atomic E-state index is 0.110. The number of ether oxygens (including phenoxy) is 1. The van der Waals surface area contributed by atoms with Gasteiger partial charge in [-0.2, -0.15) is 0 Å². The molecule has 0 atom stereocenters. The van der Waals surface area contributed by atoms with E-state index >= 15 is 0 Å². The predicted molar refractivity (Wildman–Crippen MR) is 112 cm³/mol. The standard InChI is InChI=1S/C23H27N3O3/c27-22-2-1-11-26(22)21-9-7-20(8-10-21)23(28)24-16-18-3-5-19(6-4-18)17-25-12-14-29-15-13-25/h3-10H,1-2,11-17H2,(H,24,28). The fraction of sp³-hybridized carbons (Fsp3) is 0.391. The number of nitrogens with one attached hydrogen (secondary N) is 1. The zero-order chi connectivity index (χ0) is 20.1. The van der Waals surface area contributed by atoms with Gasteiger partial charge in [-0.15, -0.1) is 0 Å². The van der Waals surface area contributed by atoms with E-state index < -0.39 is 0 Å². The van der Waals surface area contributed by atoms with Gasteiger partial charge in [0.05, 0.1) is 13.2 Å². The lowest BCUT2D eigenvalue weighted by atomic mass is 10.1. The molecule has 0 spiro atoms. The number of carbonyl (C=O) groups excluding carboxylic acids is 2. The molecule has 0 radical (unpaired) electrons. The van der Waals surface area contributed by atoms with Crippen molar-refractivity contribution < 1.29 is 14.3 Å². The zero-order valence-electron chi connectivity index (χ0n) is 16.6. The number of amides is 2. The van der Waals surface area contributed by atoms with Crippen molar-refractivity contribution in [2.24, 2.45) is 0 Å². The Kier molecular flexibility index (Phi) is 6.22. The van der Waals surface area contributed by atoms with E-state index in [1.807, 2.05) is 12.1 Å². The second-order valence-electron chi connectivity index (χ2n) is 7.58. The molecule has 2 aliphatic heterocycles. The van der Waals surface area contributed by atoms with Crippen LogP contribution < -0.4 is 10.2 Å². The summed E-state index contributed by atoms with van der Waals surface area (Å²) in [5, 5.41) is 2.97. The Hall–Kier alpha value is -2.70. The van der Waals surface area contributed by atoms with Gasteiger partial charge < -0.3 is 15.0 Å². The van der Waals surface area contributed by atoms with Crippen molar-refractivity contribution in [1.82, 2.24) is 10.2 Å². The van der Waals surface area contributed by atoms with E-state index in [1.54, 1.807) is 17.0 Å². The highest BCUT2D eigenvalue weighted by atomic mass is 16.5. The molecule has 29 heavy (non-hydrogen) atoms. The second kappa shape index (κ2) is 9.20. The van der Waals surface area contributed by atoms with Crippen molar-refractivity contribution >= 4 is 17.5 Å². The van der Waals surface area contributed by atoms with Crippen LogP contribution in [-0.4, -0.2) is 49.6 Å². The van der Waals surface area contributed by atoms with Crippen LogP contribution in [0.3, 0.4) is 0 Å². The molecular formula is C23H27N3O3. The van der Waals surface area contributed by atoms with Crippen LogP contribution in [0.5, 0.6) is 0 Å². The van der Waals surface area contributed by atoms with Crippen LogP contribution in [0.1, 0.15) is 34.3 Å². The molecule has 4 rings (SSSR count). The topological polar surface area (TPSA) is 61.9 Å². The van der Waals surface area contributed by atoms with Crippen LogP contribution in [0.4, 0.5) is 5.69 Å². The molecule has 0 bridgehead atoms. The lowest BCUT2D eigenvalue weighted by Crippen LogP contribution is -2.35. The molecule has 2 aromatic rings.